The minimum absolute atomic E-state index is 0.220. The molecule has 0 atom stereocenters. The highest BCUT2D eigenvalue weighted by atomic mass is 14.9. The lowest BCUT2D eigenvalue weighted by Gasteiger charge is -1.84. The molecule has 4 heteroatoms. The number of rotatable bonds is 0. The van der Waals surface area contributed by atoms with E-state index in [1.807, 2.05) is 0 Å². The average molecular weight is 108 g/mol. The van der Waals surface area contributed by atoms with E-state index in [9.17, 15) is 0 Å². The lowest BCUT2D eigenvalue weighted by Crippen LogP contribution is -2.09. The van der Waals surface area contributed by atoms with Gasteiger partial charge >= 0.3 is 0 Å². The number of nitrogens with two attached hydrogens (primary N) is 2. The van der Waals surface area contributed by atoms with Crippen LogP contribution in [0.15, 0.2) is 11.5 Å². The van der Waals surface area contributed by atoms with Crippen LogP contribution in [-0.4, -0.2) is 0 Å². The quantitative estimate of drug-likeness (QED) is 0.324. The highest BCUT2D eigenvalue weighted by Crippen LogP contribution is 1.91. The second-order valence-electron chi connectivity index (χ2n) is 1.03. The number of allylic oxidation sites excluding steroid dienone is 1. The minimum Gasteiger partial charge on any atom is -0.394 e. The first-order valence-electron chi connectivity index (χ1n) is 1.75. The van der Waals surface area contributed by atoms with E-state index in [0.717, 1.165) is 0 Å². The van der Waals surface area contributed by atoms with Crippen LogP contribution in [0.25, 0.3) is 4.85 Å². The van der Waals surface area contributed by atoms with Crippen molar-refractivity contribution in [1.82, 2.24) is 0 Å². The van der Waals surface area contributed by atoms with Crippen LogP contribution in [0, 0.1) is 17.9 Å². The molecule has 4 nitrogen and oxygen atoms in total. The number of hydrogen-bond acceptors (Lipinski definition) is 3. The first kappa shape index (κ1) is 6.32. The molecule has 0 radical (unpaired) electrons. The first-order valence-corrected chi connectivity index (χ1v) is 1.75. The molecule has 0 heterocycles. The third kappa shape index (κ3) is 1.19. The van der Waals surface area contributed by atoms with Gasteiger partial charge in [0.2, 0.25) is 0 Å². The van der Waals surface area contributed by atoms with Gasteiger partial charge in [-0.15, -0.1) is 0 Å². The molecule has 0 aliphatic carbocycles. The topological polar surface area (TPSA) is 80.2 Å². The van der Waals surface area contributed by atoms with E-state index in [4.69, 9.17) is 23.3 Å². The Labute approximate surface area is 46.8 Å². The summed E-state index contributed by atoms with van der Waals surface area (Å²) in [5, 5.41) is 8.01. The van der Waals surface area contributed by atoms with E-state index in [2.05, 4.69) is 4.85 Å². The Morgan fingerprint density at radius 3 is 2.12 bits per heavy atom. The van der Waals surface area contributed by atoms with Crippen molar-refractivity contribution in [2.45, 2.75) is 0 Å². The van der Waals surface area contributed by atoms with Crippen LogP contribution >= 0.6 is 0 Å². The molecule has 0 saturated carbocycles. The Hall–Kier alpha value is -1.68. The Morgan fingerprint density at radius 2 is 2.12 bits per heavy atom. The summed E-state index contributed by atoms with van der Waals surface area (Å²) in [6.07, 6.45) is 0. The van der Waals surface area contributed by atoms with Crippen molar-refractivity contribution < 1.29 is 0 Å². The van der Waals surface area contributed by atoms with E-state index in [0.29, 0.717) is 0 Å². The van der Waals surface area contributed by atoms with Crippen molar-refractivity contribution in [1.29, 1.82) is 5.26 Å². The number of nitrogens with zero attached hydrogens (tertiary/aromatic N) is 2. The summed E-state index contributed by atoms with van der Waals surface area (Å²) in [6.45, 7) is 6.27. The molecule has 0 fully saturated rings. The number of hydrogen-bond donors (Lipinski definition) is 2. The zero-order valence-electron chi connectivity index (χ0n) is 4.05. The maximum atomic E-state index is 8.01. The minimum atomic E-state index is -0.245. The molecule has 0 spiro atoms. The summed E-state index contributed by atoms with van der Waals surface area (Å²) in [6, 6.07) is 1.53. The van der Waals surface area contributed by atoms with Crippen LogP contribution < -0.4 is 11.5 Å². The molecule has 0 saturated heterocycles. The molecule has 4 N–H and O–H groups in total. The molecular formula is C4H4N4. The van der Waals surface area contributed by atoms with Gasteiger partial charge in [0.25, 0.3) is 5.70 Å². The third-order valence-corrected chi connectivity index (χ3v) is 0.491. The zero-order valence-corrected chi connectivity index (χ0v) is 4.05. The summed E-state index contributed by atoms with van der Waals surface area (Å²) >= 11 is 0. The van der Waals surface area contributed by atoms with Crippen molar-refractivity contribution in [2.24, 2.45) is 11.5 Å². The molecule has 0 aliphatic rings. The highest BCUT2D eigenvalue weighted by molar-refractivity contribution is 5.29. The Bertz CT molecular complexity index is 169. The van der Waals surface area contributed by atoms with Gasteiger partial charge in [-0.25, -0.2) is 10.1 Å². The van der Waals surface area contributed by atoms with Gasteiger partial charge in [-0.2, -0.15) is 0 Å². The van der Waals surface area contributed by atoms with Gasteiger partial charge < -0.3 is 11.5 Å². The maximum absolute atomic E-state index is 8.01. The van der Waals surface area contributed by atoms with Crippen molar-refractivity contribution in [3.05, 3.63) is 22.9 Å². The molecule has 0 unspecified atom stereocenters. The van der Waals surface area contributed by atoms with Gasteiger partial charge in [-0.3, -0.25) is 0 Å². The van der Waals surface area contributed by atoms with Crippen molar-refractivity contribution in [2.75, 3.05) is 0 Å². The summed E-state index contributed by atoms with van der Waals surface area (Å²) in [5.74, 6) is -0.220. The van der Waals surface area contributed by atoms with E-state index >= 15 is 0 Å². The largest absolute Gasteiger partial charge is 0.394 e. The second kappa shape index (κ2) is 2.49. The Balaban J connectivity index is 4.47. The summed E-state index contributed by atoms with van der Waals surface area (Å²) in [4.78, 5) is 2.72. The SMILES string of the molecule is [C-]#[N+]C(C#N)=C(N)N. The molecule has 0 rings (SSSR count). The lowest BCUT2D eigenvalue weighted by atomic mass is 10.5. The first-order chi connectivity index (χ1) is 3.72. The Morgan fingerprint density at radius 1 is 1.62 bits per heavy atom. The van der Waals surface area contributed by atoms with Crippen LogP contribution in [-0.2, 0) is 0 Å². The second-order valence-corrected chi connectivity index (χ2v) is 1.03. The molecule has 0 aromatic heterocycles. The van der Waals surface area contributed by atoms with Crippen LogP contribution in [0.2, 0.25) is 0 Å². The molecule has 0 aromatic rings. The molecule has 0 aromatic carbocycles. The molecule has 0 amide bonds. The van der Waals surface area contributed by atoms with Gasteiger partial charge in [-0.05, 0) is 0 Å². The normalized spacial score (nSPS) is 6.25. The zero-order chi connectivity index (χ0) is 6.57. The predicted molar refractivity (Wildman–Crippen MR) is 27.6 cm³/mol. The maximum Gasteiger partial charge on any atom is 0.299 e. The molecule has 8 heavy (non-hydrogen) atoms. The van der Waals surface area contributed by atoms with Crippen LogP contribution in [0.4, 0.5) is 0 Å². The Kier molecular flexibility index (Phi) is 1.96. The van der Waals surface area contributed by atoms with Crippen LogP contribution in [0.5, 0.6) is 0 Å². The standard InChI is InChI=1S/C4H4N4/c1-8-3(2-5)4(6)7/h6-7H2. The smallest absolute Gasteiger partial charge is 0.299 e. The lowest BCUT2D eigenvalue weighted by molar-refractivity contribution is 1.22. The molecule has 0 aliphatic heterocycles. The van der Waals surface area contributed by atoms with Gasteiger partial charge in [0.15, 0.2) is 0 Å². The van der Waals surface area contributed by atoms with Gasteiger partial charge in [0.05, 0.1) is 12.6 Å². The summed E-state index contributed by atoms with van der Waals surface area (Å²) in [5.41, 5.74) is 9.51. The van der Waals surface area contributed by atoms with Crippen molar-refractivity contribution in [3.8, 4) is 6.07 Å². The fourth-order valence-electron chi connectivity index (χ4n) is 0.154. The van der Waals surface area contributed by atoms with E-state index in [1.165, 1.54) is 6.07 Å². The molecular weight excluding hydrogens is 104 g/mol. The molecule has 40 valence electrons. The van der Waals surface area contributed by atoms with Gasteiger partial charge in [0.1, 0.15) is 5.82 Å². The highest BCUT2D eigenvalue weighted by Gasteiger charge is 1.93. The van der Waals surface area contributed by atoms with Gasteiger partial charge in [-0.1, -0.05) is 0 Å². The average Bonchev–Trinajstić information content (AvgIpc) is 1.69. The van der Waals surface area contributed by atoms with E-state index in [1.54, 1.807) is 0 Å². The fraction of sp³-hybridized carbons (Fsp3) is 0. The predicted octanol–water partition coefficient (Wildman–Crippen LogP) is -0.484. The molecule has 0 bridgehead atoms. The van der Waals surface area contributed by atoms with Crippen LogP contribution in [0.1, 0.15) is 0 Å². The summed E-state index contributed by atoms with van der Waals surface area (Å²) < 4.78 is 0. The van der Waals surface area contributed by atoms with Crippen molar-refractivity contribution >= 4 is 0 Å². The number of nitriles is 1. The fourth-order valence-corrected chi connectivity index (χ4v) is 0.154. The van der Waals surface area contributed by atoms with E-state index in [-0.39, 0.29) is 11.5 Å². The van der Waals surface area contributed by atoms with E-state index < -0.39 is 0 Å². The van der Waals surface area contributed by atoms with Crippen LogP contribution in [0.3, 0.4) is 0 Å². The van der Waals surface area contributed by atoms with Gasteiger partial charge in [0, 0.05) is 0 Å². The summed E-state index contributed by atoms with van der Waals surface area (Å²) in [7, 11) is 0. The monoisotopic (exact) mass is 108 g/mol. The van der Waals surface area contributed by atoms with Crippen molar-refractivity contribution in [3.63, 3.8) is 0 Å². The third-order valence-electron chi connectivity index (χ3n) is 0.491.